The van der Waals surface area contributed by atoms with Crippen LogP contribution in [-0.4, -0.2) is 24.8 Å². The summed E-state index contributed by atoms with van der Waals surface area (Å²) in [6.45, 7) is 2.10. The number of halogens is 1. The third-order valence-electron chi connectivity index (χ3n) is 3.00. The van der Waals surface area contributed by atoms with E-state index in [9.17, 15) is 5.11 Å². The summed E-state index contributed by atoms with van der Waals surface area (Å²) in [6, 6.07) is 8.25. The van der Waals surface area contributed by atoms with Crippen molar-refractivity contribution in [1.82, 2.24) is 5.32 Å². The van der Waals surface area contributed by atoms with Crippen molar-refractivity contribution in [3.05, 3.63) is 34.3 Å². The van der Waals surface area contributed by atoms with E-state index in [0.29, 0.717) is 0 Å². The molecule has 0 bridgehead atoms. The van der Waals surface area contributed by atoms with Gasteiger partial charge < -0.3 is 10.4 Å². The minimum atomic E-state index is -0.0549. The molecule has 0 saturated carbocycles. The van der Waals surface area contributed by atoms with E-state index in [2.05, 4.69) is 33.4 Å². The van der Waals surface area contributed by atoms with Crippen molar-refractivity contribution < 1.29 is 5.11 Å². The molecule has 3 heteroatoms. The summed E-state index contributed by atoms with van der Waals surface area (Å²) < 4.78 is 1.08. The molecule has 2 rings (SSSR count). The van der Waals surface area contributed by atoms with Crippen LogP contribution in [0.15, 0.2) is 28.7 Å². The van der Waals surface area contributed by atoms with Gasteiger partial charge in [0.05, 0.1) is 6.61 Å². The van der Waals surface area contributed by atoms with E-state index in [-0.39, 0.29) is 12.0 Å². The normalized spacial score (nSPS) is 26.7. The second-order valence-corrected chi connectivity index (χ2v) is 4.79. The van der Waals surface area contributed by atoms with Gasteiger partial charge in [-0.05, 0) is 30.7 Å². The molecule has 1 heterocycles. The Kier molecular flexibility index (Phi) is 2.91. The Morgan fingerprint density at radius 2 is 2.07 bits per heavy atom. The third kappa shape index (κ3) is 1.72. The number of aliphatic hydroxyl groups excluding tert-OH is 1. The lowest BCUT2D eigenvalue weighted by Gasteiger charge is -2.26. The molecular formula is C11H14BrNO. The smallest absolute Gasteiger partial charge is 0.0540 e. The molecular weight excluding hydrogens is 242 g/mol. The molecule has 0 aromatic heterocycles. The average molecular weight is 256 g/mol. The van der Waals surface area contributed by atoms with E-state index < -0.39 is 0 Å². The highest BCUT2D eigenvalue weighted by molar-refractivity contribution is 9.10. The van der Waals surface area contributed by atoms with Gasteiger partial charge in [0, 0.05) is 16.4 Å². The maximum atomic E-state index is 9.49. The first-order chi connectivity index (χ1) is 6.77. The Morgan fingerprint density at radius 3 is 2.57 bits per heavy atom. The minimum Gasteiger partial charge on any atom is -0.395 e. The van der Waals surface area contributed by atoms with Gasteiger partial charge in [-0.1, -0.05) is 28.1 Å². The zero-order chi connectivity index (χ0) is 10.0. The fourth-order valence-corrected chi connectivity index (χ4v) is 2.28. The first-order valence-electron chi connectivity index (χ1n) is 4.84. The van der Waals surface area contributed by atoms with Gasteiger partial charge >= 0.3 is 0 Å². The van der Waals surface area contributed by atoms with E-state index in [1.54, 1.807) is 0 Å². The van der Waals surface area contributed by atoms with Gasteiger partial charge in [0.2, 0.25) is 0 Å². The number of hydrogen-bond donors (Lipinski definition) is 2. The van der Waals surface area contributed by atoms with Crippen LogP contribution < -0.4 is 5.32 Å². The van der Waals surface area contributed by atoms with Gasteiger partial charge in [0.1, 0.15) is 0 Å². The molecule has 2 nitrogen and oxygen atoms in total. The Bertz CT molecular complexity index is 304. The Labute approximate surface area is 92.5 Å². The fourth-order valence-electron chi connectivity index (χ4n) is 2.02. The standard InChI is InChI=1S/C11H14BrNO/c12-10-3-1-9(2-4-10)11(8-14)5-6-13-7-11/h1-4,13-14H,5-8H2. The molecule has 0 amide bonds. The predicted octanol–water partition coefficient (Wildman–Crippen LogP) is 1.67. The van der Waals surface area contributed by atoms with Crippen LogP contribution in [0.2, 0.25) is 0 Å². The zero-order valence-corrected chi connectivity index (χ0v) is 9.55. The van der Waals surface area contributed by atoms with Crippen LogP contribution in [0.25, 0.3) is 0 Å². The highest BCUT2D eigenvalue weighted by Crippen LogP contribution is 2.30. The second-order valence-electron chi connectivity index (χ2n) is 3.87. The number of rotatable bonds is 2. The lowest BCUT2D eigenvalue weighted by molar-refractivity contribution is 0.205. The van der Waals surface area contributed by atoms with E-state index in [0.717, 1.165) is 24.0 Å². The molecule has 1 aliphatic rings. The van der Waals surface area contributed by atoms with Crippen molar-refractivity contribution >= 4 is 15.9 Å². The van der Waals surface area contributed by atoms with Gasteiger partial charge in [-0.3, -0.25) is 0 Å². The third-order valence-corrected chi connectivity index (χ3v) is 3.53. The summed E-state index contributed by atoms with van der Waals surface area (Å²) in [5.41, 5.74) is 1.17. The number of benzene rings is 1. The first-order valence-corrected chi connectivity index (χ1v) is 5.64. The van der Waals surface area contributed by atoms with Crippen molar-refractivity contribution in [3.63, 3.8) is 0 Å². The molecule has 1 saturated heterocycles. The molecule has 1 fully saturated rings. The highest BCUT2D eigenvalue weighted by Gasteiger charge is 2.34. The van der Waals surface area contributed by atoms with Gasteiger partial charge in [0.15, 0.2) is 0 Å². The van der Waals surface area contributed by atoms with Gasteiger partial charge in [0.25, 0.3) is 0 Å². The van der Waals surface area contributed by atoms with E-state index in [4.69, 9.17) is 0 Å². The molecule has 0 radical (unpaired) electrons. The number of hydrogen-bond acceptors (Lipinski definition) is 2. The van der Waals surface area contributed by atoms with Crippen LogP contribution in [0.5, 0.6) is 0 Å². The number of aliphatic hydroxyl groups is 1. The maximum absolute atomic E-state index is 9.49. The summed E-state index contributed by atoms with van der Waals surface area (Å²) in [6.07, 6.45) is 1.02. The van der Waals surface area contributed by atoms with Crippen LogP contribution in [-0.2, 0) is 5.41 Å². The van der Waals surface area contributed by atoms with Crippen LogP contribution >= 0.6 is 15.9 Å². The summed E-state index contributed by atoms with van der Waals surface area (Å²) >= 11 is 3.42. The molecule has 0 spiro atoms. The number of nitrogens with one attached hydrogen (secondary N) is 1. The fraction of sp³-hybridized carbons (Fsp3) is 0.455. The first kappa shape index (κ1) is 10.1. The Balaban J connectivity index is 2.31. The lowest BCUT2D eigenvalue weighted by atomic mass is 9.80. The molecule has 1 unspecified atom stereocenters. The van der Waals surface area contributed by atoms with Crippen LogP contribution in [0.1, 0.15) is 12.0 Å². The van der Waals surface area contributed by atoms with E-state index in [1.807, 2.05) is 12.1 Å². The summed E-state index contributed by atoms with van der Waals surface area (Å²) in [4.78, 5) is 0. The van der Waals surface area contributed by atoms with Crippen molar-refractivity contribution in [2.24, 2.45) is 0 Å². The molecule has 2 N–H and O–H groups in total. The van der Waals surface area contributed by atoms with E-state index in [1.165, 1.54) is 5.56 Å². The van der Waals surface area contributed by atoms with Crippen LogP contribution in [0, 0.1) is 0 Å². The van der Waals surface area contributed by atoms with Crippen molar-refractivity contribution in [2.45, 2.75) is 11.8 Å². The maximum Gasteiger partial charge on any atom is 0.0540 e. The highest BCUT2D eigenvalue weighted by atomic mass is 79.9. The molecule has 1 aromatic carbocycles. The molecule has 0 aliphatic carbocycles. The summed E-state index contributed by atoms with van der Waals surface area (Å²) in [7, 11) is 0. The Hall–Kier alpha value is -0.380. The topological polar surface area (TPSA) is 32.3 Å². The van der Waals surface area contributed by atoms with Gasteiger partial charge in [-0.2, -0.15) is 0 Å². The lowest BCUT2D eigenvalue weighted by Crippen LogP contribution is -2.32. The monoisotopic (exact) mass is 255 g/mol. The molecule has 1 aliphatic heterocycles. The molecule has 1 aromatic rings. The zero-order valence-electron chi connectivity index (χ0n) is 7.96. The van der Waals surface area contributed by atoms with Crippen molar-refractivity contribution in [3.8, 4) is 0 Å². The van der Waals surface area contributed by atoms with Crippen molar-refractivity contribution in [1.29, 1.82) is 0 Å². The van der Waals surface area contributed by atoms with Crippen molar-refractivity contribution in [2.75, 3.05) is 19.7 Å². The average Bonchev–Trinajstić information content (AvgIpc) is 2.68. The van der Waals surface area contributed by atoms with E-state index >= 15 is 0 Å². The predicted molar refractivity (Wildman–Crippen MR) is 60.4 cm³/mol. The van der Waals surface area contributed by atoms with Crippen LogP contribution in [0.4, 0.5) is 0 Å². The molecule has 14 heavy (non-hydrogen) atoms. The molecule has 76 valence electrons. The molecule has 1 atom stereocenters. The quantitative estimate of drug-likeness (QED) is 0.843. The van der Waals surface area contributed by atoms with Gasteiger partial charge in [-0.15, -0.1) is 0 Å². The largest absolute Gasteiger partial charge is 0.395 e. The Morgan fingerprint density at radius 1 is 1.36 bits per heavy atom. The SMILES string of the molecule is OCC1(c2ccc(Br)cc2)CCNC1. The second kappa shape index (κ2) is 4.01. The van der Waals surface area contributed by atoms with Gasteiger partial charge in [-0.25, -0.2) is 0 Å². The minimum absolute atomic E-state index is 0.0549. The summed E-state index contributed by atoms with van der Waals surface area (Å²) in [5, 5.41) is 12.8. The summed E-state index contributed by atoms with van der Waals surface area (Å²) in [5.74, 6) is 0. The van der Waals surface area contributed by atoms with Crippen LogP contribution in [0.3, 0.4) is 0 Å².